The summed E-state index contributed by atoms with van der Waals surface area (Å²) in [5.74, 6) is 0.197. The molecule has 0 radical (unpaired) electrons. The number of rotatable bonds is 5. The average molecular weight is 312 g/mol. The van der Waals surface area contributed by atoms with E-state index in [0.717, 1.165) is 23.1 Å². The fraction of sp³-hybridized carbons (Fsp3) is 0.533. The summed E-state index contributed by atoms with van der Waals surface area (Å²) in [5, 5.41) is 0. The van der Waals surface area contributed by atoms with E-state index in [0.29, 0.717) is 6.42 Å². The topological polar surface area (TPSA) is 20.3 Å². The molecule has 0 aliphatic carbocycles. The zero-order valence-electron chi connectivity index (χ0n) is 11.7. The van der Waals surface area contributed by atoms with Crippen molar-refractivity contribution in [2.45, 2.75) is 27.2 Å². The summed E-state index contributed by atoms with van der Waals surface area (Å²) in [5.41, 5.74) is 1.05. The number of hydrogen-bond donors (Lipinski definition) is 0. The number of nitrogens with zero attached hydrogens (tertiary/aromatic N) is 1. The highest BCUT2D eigenvalue weighted by Crippen LogP contribution is 2.18. The van der Waals surface area contributed by atoms with Crippen molar-refractivity contribution in [2.24, 2.45) is 5.41 Å². The van der Waals surface area contributed by atoms with E-state index in [2.05, 4.69) is 48.6 Å². The lowest BCUT2D eigenvalue weighted by molar-refractivity contribution is 0.0960. The van der Waals surface area contributed by atoms with E-state index < -0.39 is 0 Å². The highest BCUT2D eigenvalue weighted by molar-refractivity contribution is 9.10. The molecule has 18 heavy (non-hydrogen) atoms. The Morgan fingerprint density at radius 1 is 1.28 bits per heavy atom. The molecular formula is C15H22BrNO. The molecule has 100 valence electrons. The molecule has 0 unspecified atom stereocenters. The maximum atomic E-state index is 12.1. The third-order valence-electron chi connectivity index (χ3n) is 2.64. The monoisotopic (exact) mass is 311 g/mol. The van der Waals surface area contributed by atoms with Gasteiger partial charge in [-0.25, -0.2) is 0 Å². The van der Waals surface area contributed by atoms with Crippen LogP contribution < -0.4 is 0 Å². The molecular weight excluding hydrogens is 290 g/mol. The van der Waals surface area contributed by atoms with E-state index in [1.165, 1.54) is 0 Å². The Kier molecular flexibility index (Phi) is 5.54. The summed E-state index contributed by atoms with van der Waals surface area (Å²) < 4.78 is 0.883. The van der Waals surface area contributed by atoms with Crippen LogP contribution in [-0.2, 0) is 0 Å². The minimum Gasteiger partial charge on any atom is -0.305 e. The summed E-state index contributed by atoms with van der Waals surface area (Å²) >= 11 is 3.42. The summed E-state index contributed by atoms with van der Waals surface area (Å²) in [6.07, 6.45) is 0.565. The summed E-state index contributed by atoms with van der Waals surface area (Å²) in [7, 11) is 2.07. The van der Waals surface area contributed by atoms with Gasteiger partial charge in [-0.3, -0.25) is 4.79 Å². The standard InChI is InChI=1S/C15H22BrNO/c1-15(2,3)11-17(4)10-9-14(18)12-7-5-6-8-13(12)16/h5-8H,9-11H2,1-4H3. The normalized spacial score (nSPS) is 11.9. The van der Waals surface area contributed by atoms with Gasteiger partial charge in [0.25, 0.3) is 0 Å². The Hall–Kier alpha value is -0.670. The molecule has 0 atom stereocenters. The molecule has 0 fully saturated rings. The Bertz CT molecular complexity index is 409. The Morgan fingerprint density at radius 2 is 1.89 bits per heavy atom. The molecule has 1 aromatic rings. The molecule has 0 saturated heterocycles. The van der Waals surface area contributed by atoms with Crippen LogP contribution in [0.1, 0.15) is 37.6 Å². The van der Waals surface area contributed by atoms with Crippen molar-refractivity contribution in [3.63, 3.8) is 0 Å². The van der Waals surface area contributed by atoms with Crippen molar-refractivity contribution >= 4 is 21.7 Å². The van der Waals surface area contributed by atoms with Crippen molar-refractivity contribution in [2.75, 3.05) is 20.1 Å². The number of benzene rings is 1. The predicted molar refractivity (Wildman–Crippen MR) is 80.0 cm³/mol. The van der Waals surface area contributed by atoms with Crippen molar-refractivity contribution < 1.29 is 4.79 Å². The van der Waals surface area contributed by atoms with E-state index in [1.54, 1.807) is 0 Å². The maximum Gasteiger partial charge on any atom is 0.165 e. The molecule has 0 spiro atoms. The molecule has 0 saturated carbocycles. The second kappa shape index (κ2) is 6.48. The largest absolute Gasteiger partial charge is 0.305 e. The van der Waals surface area contributed by atoms with Crippen LogP contribution >= 0.6 is 15.9 Å². The smallest absolute Gasteiger partial charge is 0.165 e. The van der Waals surface area contributed by atoms with Crippen LogP contribution in [0.5, 0.6) is 0 Å². The molecule has 3 heteroatoms. The minimum absolute atomic E-state index is 0.197. The SMILES string of the molecule is CN(CCC(=O)c1ccccc1Br)CC(C)(C)C. The maximum absolute atomic E-state index is 12.1. The van der Waals surface area contributed by atoms with E-state index in [9.17, 15) is 4.79 Å². The number of halogens is 1. The van der Waals surface area contributed by atoms with Crippen molar-refractivity contribution in [1.82, 2.24) is 4.90 Å². The first-order valence-corrected chi connectivity index (χ1v) is 7.05. The van der Waals surface area contributed by atoms with Gasteiger partial charge < -0.3 is 4.90 Å². The fourth-order valence-electron chi connectivity index (χ4n) is 2.00. The van der Waals surface area contributed by atoms with Crippen LogP contribution in [0.25, 0.3) is 0 Å². The lowest BCUT2D eigenvalue weighted by Gasteiger charge is -2.26. The Balaban J connectivity index is 2.50. The average Bonchev–Trinajstić information content (AvgIpc) is 2.24. The van der Waals surface area contributed by atoms with Gasteiger partial charge >= 0.3 is 0 Å². The molecule has 0 amide bonds. The summed E-state index contributed by atoms with van der Waals surface area (Å²) in [4.78, 5) is 14.3. The summed E-state index contributed by atoms with van der Waals surface area (Å²) in [6, 6.07) is 7.60. The molecule has 0 heterocycles. The zero-order valence-corrected chi connectivity index (χ0v) is 13.3. The van der Waals surface area contributed by atoms with Gasteiger partial charge in [-0.15, -0.1) is 0 Å². The lowest BCUT2D eigenvalue weighted by atomic mass is 9.96. The fourth-order valence-corrected chi connectivity index (χ4v) is 2.51. The van der Waals surface area contributed by atoms with E-state index >= 15 is 0 Å². The molecule has 2 nitrogen and oxygen atoms in total. The minimum atomic E-state index is 0.197. The third kappa shape index (κ3) is 5.32. The lowest BCUT2D eigenvalue weighted by Crippen LogP contribution is -2.31. The molecule has 0 aliphatic heterocycles. The Morgan fingerprint density at radius 3 is 2.44 bits per heavy atom. The van der Waals surface area contributed by atoms with Crippen molar-refractivity contribution in [3.05, 3.63) is 34.3 Å². The van der Waals surface area contributed by atoms with Gasteiger partial charge in [-0.1, -0.05) is 54.9 Å². The van der Waals surface area contributed by atoms with Crippen molar-refractivity contribution in [3.8, 4) is 0 Å². The van der Waals surface area contributed by atoms with Gasteiger partial charge in [0.1, 0.15) is 0 Å². The molecule has 0 aromatic heterocycles. The quantitative estimate of drug-likeness (QED) is 0.766. The van der Waals surface area contributed by atoms with Gasteiger partial charge in [0.15, 0.2) is 5.78 Å². The first-order chi connectivity index (χ1) is 8.29. The number of hydrogen-bond acceptors (Lipinski definition) is 2. The van der Waals surface area contributed by atoms with Crippen molar-refractivity contribution in [1.29, 1.82) is 0 Å². The molecule has 0 N–H and O–H groups in total. The molecule has 1 rings (SSSR count). The molecule has 0 aliphatic rings. The first-order valence-electron chi connectivity index (χ1n) is 6.26. The van der Waals surface area contributed by atoms with Crippen LogP contribution in [0.15, 0.2) is 28.7 Å². The van der Waals surface area contributed by atoms with Gasteiger partial charge in [0, 0.05) is 29.5 Å². The third-order valence-corrected chi connectivity index (χ3v) is 3.33. The highest BCUT2D eigenvalue weighted by Gasteiger charge is 2.15. The van der Waals surface area contributed by atoms with E-state index in [-0.39, 0.29) is 11.2 Å². The van der Waals surface area contributed by atoms with E-state index in [1.807, 2.05) is 24.3 Å². The molecule has 0 bridgehead atoms. The van der Waals surface area contributed by atoms with Crippen LogP contribution in [0.2, 0.25) is 0 Å². The summed E-state index contributed by atoms with van der Waals surface area (Å²) in [6.45, 7) is 8.42. The van der Waals surface area contributed by atoms with E-state index in [4.69, 9.17) is 0 Å². The number of ketones is 1. The molecule has 1 aromatic carbocycles. The predicted octanol–water partition coefficient (Wildman–Crippen LogP) is 4.00. The van der Waals surface area contributed by atoms with Crippen LogP contribution in [0.4, 0.5) is 0 Å². The number of carbonyl (C=O) groups excluding carboxylic acids is 1. The van der Waals surface area contributed by atoms with Crippen LogP contribution in [-0.4, -0.2) is 30.8 Å². The first kappa shape index (κ1) is 15.4. The second-order valence-corrected chi connectivity index (χ2v) is 6.81. The van der Waals surface area contributed by atoms with Crippen LogP contribution in [0, 0.1) is 5.41 Å². The van der Waals surface area contributed by atoms with Gasteiger partial charge in [0.2, 0.25) is 0 Å². The Labute approximate surface area is 119 Å². The van der Waals surface area contributed by atoms with Gasteiger partial charge in [-0.2, -0.15) is 0 Å². The van der Waals surface area contributed by atoms with Gasteiger partial charge in [0.05, 0.1) is 0 Å². The second-order valence-electron chi connectivity index (χ2n) is 5.95. The number of Topliss-reactive ketones (excluding diaryl/α,β-unsaturated/α-hetero) is 1. The van der Waals surface area contributed by atoms with Crippen LogP contribution in [0.3, 0.4) is 0 Å². The number of carbonyl (C=O) groups is 1. The van der Waals surface area contributed by atoms with Gasteiger partial charge in [-0.05, 0) is 18.5 Å². The zero-order chi connectivity index (χ0) is 13.8. The highest BCUT2D eigenvalue weighted by atomic mass is 79.9.